The monoisotopic (exact) mass is 276 g/mol. The van der Waals surface area contributed by atoms with E-state index in [1.807, 2.05) is 24.3 Å². The smallest absolute Gasteiger partial charge is 0.262 e. The van der Waals surface area contributed by atoms with E-state index in [2.05, 4.69) is 10.6 Å². The summed E-state index contributed by atoms with van der Waals surface area (Å²) in [6.45, 7) is 0.998. The fourth-order valence-electron chi connectivity index (χ4n) is 2.86. The number of carbonyl (C=O) groups excluding carboxylic acids is 1. The maximum atomic E-state index is 12.1. The third-order valence-electron chi connectivity index (χ3n) is 4.08. The summed E-state index contributed by atoms with van der Waals surface area (Å²) < 4.78 is 5.70. The van der Waals surface area contributed by atoms with Crippen molar-refractivity contribution in [2.24, 2.45) is 5.92 Å². The zero-order valence-corrected chi connectivity index (χ0v) is 11.3. The van der Waals surface area contributed by atoms with Gasteiger partial charge in [0.2, 0.25) is 0 Å². The van der Waals surface area contributed by atoms with Crippen molar-refractivity contribution in [1.29, 1.82) is 0 Å². The Bertz CT molecular complexity index is 492. The Hall–Kier alpha value is -1.75. The van der Waals surface area contributed by atoms with E-state index in [9.17, 15) is 9.90 Å². The summed E-state index contributed by atoms with van der Waals surface area (Å²) in [7, 11) is 0. The van der Waals surface area contributed by atoms with E-state index in [-0.39, 0.29) is 17.9 Å². The van der Waals surface area contributed by atoms with E-state index in [4.69, 9.17) is 4.74 Å². The SMILES string of the molecule is O=C(NCC1CCCC1O)C1CNc2ccccc2O1. The summed E-state index contributed by atoms with van der Waals surface area (Å²) in [4.78, 5) is 12.1. The topological polar surface area (TPSA) is 70.6 Å². The van der Waals surface area contributed by atoms with Crippen molar-refractivity contribution in [3.8, 4) is 5.75 Å². The molecule has 3 atom stereocenters. The van der Waals surface area contributed by atoms with Crippen LogP contribution in [0.25, 0.3) is 0 Å². The number of hydrogen-bond acceptors (Lipinski definition) is 4. The lowest BCUT2D eigenvalue weighted by Crippen LogP contribution is -2.46. The number of hydrogen-bond donors (Lipinski definition) is 3. The van der Waals surface area contributed by atoms with Crippen LogP contribution in [-0.4, -0.2) is 36.3 Å². The fourth-order valence-corrected chi connectivity index (χ4v) is 2.86. The van der Waals surface area contributed by atoms with Crippen molar-refractivity contribution in [2.45, 2.75) is 31.5 Å². The van der Waals surface area contributed by atoms with Gasteiger partial charge in [0, 0.05) is 12.5 Å². The first-order chi connectivity index (χ1) is 9.74. The van der Waals surface area contributed by atoms with Crippen LogP contribution in [0.2, 0.25) is 0 Å². The highest BCUT2D eigenvalue weighted by molar-refractivity contribution is 5.83. The van der Waals surface area contributed by atoms with Gasteiger partial charge >= 0.3 is 0 Å². The van der Waals surface area contributed by atoms with Gasteiger partial charge < -0.3 is 20.5 Å². The summed E-state index contributed by atoms with van der Waals surface area (Å²) in [6.07, 6.45) is 2.07. The molecule has 1 saturated carbocycles. The van der Waals surface area contributed by atoms with E-state index in [1.54, 1.807) is 0 Å². The normalized spacial score (nSPS) is 28.1. The van der Waals surface area contributed by atoms with Gasteiger partial charge in [-0.25, -0.2) is 0 Å². The Balaban J connectivity index is 1.54. The highest BCUT2D eigenvalue weighted by Gasteiger charge is 2.29. The Labute approximate surface area is 118 Å². The molecule has 1 aliphatic heterocycles. The fraction of sp³-hybridized carbons (Fsp3) is 0.533. The first-order valence-corrected chi connectivity index (χ1v) is 7.19. The number of ether oxygens (including phenoxy) is 1. The summed E-state index contributed by atoms with van der Waals surface area (Å²) in [6, 6.07) is 7.59. The van der Waals surface area contributed by atoms with Crippen LogP contribution in [0.15, 0.2) is 24.3 Å². The molecule has 0 radical (unpaired) electrons. The molecule has 1 amide bonds. The molecule has 2 aliphatic rings. The number of benzene rings is 1. The molecule has 1 aromatic rings. The minimum Gasteiger partial charge on any atom is -0.477 e. The number of carbonyl (C=O) groups is 1. The summed E-state index contributed by atoms with van der Waals surface area (Å²) in [5.74, 6) is 0.772. The molecular weight excluding hydrogens is 256 g/mol. The van der Waals surface area contributed by atoms with Gasteiger partial charge in [0.25, 0.3) is 5.91 Å². The van der Waals surface area contributed by atoms with Crippen molar-refractivity contribution < 1.29 is 14.6 Å². The minimum atomic E-state index is -0.511. The van der Waals surface area contributed by atoms with Gasteiger partial charge in [-0.3, -0.25) is 4.79 Å². The number of para-hydroxylation sites is 2. The third kappa shape index (κ3) is 2.72. The van der Waals surface area contributed by atoms with Crippen molar-refractivity contribution in [3.63, 3.8) is 0 Å². The minimum absolute atomic E-state index is 0.119. The Morgan fingerprint density at radius 2 is 2.25 bits per heavy atom. The molecule has 3 N–H and O–H groups in total. The lowest BCUT2D eigenvalue weighted by Gasteiger charge is -2.27. The van der Waals surface area contributed by atoms with Crippen LogP contribution in [0.1, 0.15) is 19.3 Å². The van der Waals surface area contributed by atoms with Crippen LogP contribution in [0.5, 0.6) is 5.75 Å². The second kappa shape index (κ2) is 5.71. The highest BCUT2D eigenvalue weighted by Crippen LogP contribution is 2.28. The van der Waals surface area contributed by atoms with Gasteiger partial charge in [-0.15, -0.1) is 0 Å². The Morgan fingerprint density at radius 3 is 3.05 bits per heavy atom. The molecule has 5 heteroatoms. The van der Waals surface area contributed by atoms with Gasteiger partial charge in [-0.1, -0.05) is 18.6 Å². The van der Waals surface area contributed by atoms with Gasteiger partial charge in [-0.2, -0.15) is 0 Å². The van der Waals surface area contributed by atoms with Crippen LogP contribution in [0.4, 0.5) is 5.69 Å². The highest BCUT2D eigenvalue weighted by atomic mass is 16.5. The van der Waals surface area contributed by atoms with Crippen LogP contribution >= 0.6 is 0 Å². The van der Waals surface area contributed by atoms with Gasteiger partial charge in [-0.05, 0) is 25.0 Å². The zero-order chi connectivity index (χ0) is 13.9. The molecule has 0 aromatic heterocycles. The van der Waals surface area contributed by atoms with Gasteiger partial charge in [0.15, 0.2) is 6.10 Å². The molecule has 0 spiro atoms. The molecule has 5 nitrogen and oxygen atoms in total. The molecule has 108 valence electrons. The van der Waals surface area contributed by atoms with Gasteiger partial charge in [0.05, 0.1) is 18.3 Å². The number of fused-ring (bicyclic) bond motifs is 1. The number of amides is 1. The molecule has 1 aliphatic carbocycles. The Morgan fingerprint density at radius 1 is 1.40 bits per heavy atom. The van der Waals surface area contributed by atoms with E-state index in [0.717, 1.165) is 24.9 Å². The third-order valence-corrected chi connectivity index (χ3v) is 4.08. The quantitative estimate of drug-likeness (QED) is 0.774. The first kappa shape index (κ1) is 13.2. The molecule has 1 fully saturated rings. The first-order valence-electron chi connectivity index (χ1n) is 7.19. The lowest BCUT2D eigenvalue weighted by molar-refractivity contribution is -0.127. The second-order valence-electron chi connectivity index (χ2n) is 5.49. The van der Waals surface area contributed by atoms with Crippen LogP contribution < -0.4 is 15.4 Å². The van der Waals surface area contributed by atoms with E-state index in [1.165, 1.54) is 0 Å². The van der Waals surface area contributed by atoms with Crippen molar-refractivity contribution >= 4 is 11.6 Å². The van der Waals surface area contributed by atoms with Crippen LogP contribution in [0, 0.1) is 5.92 Å². The number of nitrogens with one attached hydrogen (secondary N) is 2. The predicted octanol–water partition coefficient (Wildman–Crippen LogP) is 1.14. The molecule has 1 heterocycles. The largest absolute Gasteiger partial charge is 0.477 e. The van der Waals surface area contributed by atoms with E-state index in [0.29, 0.717) is 18.8 Å². The van der Waals surface area contributed by atoms with E-state index < -0.39 is 6.10 Å². The molecule has 3 unspecified atom stereocenters. The summed E-state index contributed by atoms with van der Waals surface area (Å²) >= 11 is 0. The zero-order valence-electron chi connectivity index (χ0n) is 11.3. The van der Waals surface area contributed by atoms with Crippen molar-refractivity contribution in [1.82, 2.24) is 5.32 Å². The van der Waals surface area contributed by atoms with Crippen LogP contribution in [-0.2, 0) is 4.79 Å². The summed E-state index contributed by atoms with van der Waals surface area (Å²) in [5.41, 5.74) is 0.919. The molecule has 0 saturated heterocycles. The van der Waals surface area contributed by atoms with Crippen molar-refractivity contribution in [3.05, 3.63) is 24.3 Å². The van der Waals surface area contributed by atoms with Crippen LogP contribution in [0.3, 0.4) is 0 Å². The molecule has 3 rings (SSSR count). The van der Waals surface area contributed by atoms with Crippen molar-refractivity contribution in [2.75, 3.05) is 18.4 Å². The average molecular weight is 276 g/mol. The number of aliphatic hydroxyl groups excluding tert-OH is 1. The lowest BCUT2D eigenvalue weighted by atomic mass is 10.1. The number of aliphatic hydroxyl groups is 1. The second-order valence-corrected chi connectivity index (χ2v) is 5.49. The summed E-state index contributed by atoms with van der Waals surface area (Å²) in [5, 5.41) is 15.8. The molecule has 0 bridgehead atoms. The predicted molar refractivity (Wildman–Crippen MR) is 75.7 cm³/mol. The number of anilines is 1. The van der Waals surface area contributed by atoms with Gasteiger partial charge in [0.1, 0.15) is 5.75 Å². The Kier molecular flexibility index (Phi) is 3.78. The average Bonchev–Trinajstić information content (AvgIpc) is 2.89. The molecular formula is C15H20N2O3. The number of rotatable bonds is 3. The maximum absolute atomic E-state index is 12.1. The van der Waals surface area contributed by atoms with E-state index >= 15 is 0 Å². The molecule has 20 heavy (non-hydrogen) atoms. The molecule has 1 aromatic carbocycles. The standard InChI is InChI=1S/C15H20N2O3/c18-12-6-3-4-10(12)8-17-15(19)14-9-16-11-5-1-2-7-13(11)20-14/h1-2,5,7,10,12,14,16,18H,3-4,6,8-9H2,(H,17,19). The maximum Gasteiger partial charge on any atom is 0.262 e.